The van der Waals surface area contributed by atoms with E-state index in [1.807, 2.05) is 5.38 Å². The molecule has 1 saturated heterocycles. The third-order valence-corrected chi connectivity index (χ3v) is 5.42. The largest absolute Gasteiger partial charge is 0.387 e. The predicted molar refractivity (Wildman–Crippen MR) is 75.0 cm³/mol. The van der Waals surface area contributed by atoms with Gasteiger partial charge in [0.05, 0.1) is 11.8 Å². The maximum absolute atomic E-state index is 9.55. The Morgan fingerprint density at radius 3 is 2.83 bits per heavy atom. The molecule has 0 radical (unpaired) electrons. The van der Waals surface area contributed by atoms with Crippen molar-refractivity contribution in [1.82, 2.24) is 4.98 Å². The Bertz CT molecular complexity index is 404. The van der Waals surface area contributed by atoms with Gasteiger partial charge in [-0.25, -0.2) is 4.98 Å². The zero-order valence-corrected chi connectivity index (χ0v) is 11.8. The lowest BCUT2D eigenvalue weighted by atomic mass is 9.75. The van der Waals surface area contributed by atoms with Gasteiger partial charge in [0.15, 0.2) is 5.13 Å². The van der Waals surface area contributed by atoms with E-state index in [-0.39, 0.29) is 0 Å². The van der Waals surface area contributed by atoms with Gasteiger partial charge in [-0.05, 0) is 31.6 Å². The second-order valence-electron chi connectivity index (χ2n) is 5.77. The van der Waals surface area contributed by atoms with E-state index in [1.165, 1.54) is 38.6 Å². The summed E-state index contributed by atoms with van der Waals surface area (Å²) in [4.78, 5) is 7.00. The van der Waals surface area contributed by atoms with Crippen molar-refractivity contribution >= 4 is 16.5 Å². The summed E-state index contributed by atoms with van der Waals surface area (Å²) < 4.78 is 0. The number of piperidine rings is 1. The fourth-order valence-electron chi connectivity index (χ4n) is 3.39. The van der Waals surface area contributed by atoms with E-state index < -0.39 is 6.10 Å². The van der Waals surface area contributed by atoms with Gasteiger partial charge in [0.25, 0.3) is 0 Å². The Morgan fingerprint density at radius 2 is 2.11 bits per heavy atom. The number of aromatic nitrogens is 1. The molecule has 1 aliphatic heterocycles. The Hall–Kier alpha value is -0.610. The summed E-state index contributed by atoms with van der Waals surface area (Å²) in [6.07, 6.45) is 6.57. The summed E-state index contributed by atoms with van der Waals surface area (Å²) in [5, 5.41) is 12.6. The lowest BCUT2D eigenvalue weighted by molar-refractivity contribution is 0.194. The van der Waals surface area contributed by atoms with Gasteiger partial charge < -0.3 is 10.0 Å². The lowest BCUT2D eigenvalue weighted by Crippen LogP contribution is -2.41. The molecular formula is C14H22N2OS. The summed E-state index contributed by atoms with van der Waals surface area (Å²) >= 11 is 1.68. The van der Waals surface area contributed by atoms with Crippen LogP contribution >= 0.6 is 11.3 Å². The number of nitrogens with zero attached hydrogens (tertiary/aromatic N) is 2. The molecule has 1 saturated carbocycles. The summed E-state index contributed by atoms with van der Waals surface area (Å²) in [5.41, 5.74) is 0.820. The van der Waals surface area contributed by atoms with Crippen molar-refractivity contribution in [3.63, 3.8) is 0 Å². The number of thiazole rings is 1. The zero-order chi connectivity index (χ0) is 12.5. The van der Waals surface area contributed by atoms with E-state index in [0.29, 0.717) is 0 Å². The third-order valence-electron chi connectivity index (χ3n) is 4.50. The summed E-state index contributed by atoms with van der Waals surface area (Å²) in [7, 11) is 0. The van der Waals surface area contributed by atoms with E-state index in [2.05, 4.69) is 9.88 Å². The molecule has 0 aromatic carbocycles. The molecule has 2 aliphatic rings. The summed E-state index contributed by atoms with van der Waals surface area (Å²) in [5.74, 6) is 1.84. The van der Waals surface area contributed by atoms with E-state index in [4.69, 9.17) is 0 Å². The minimum absolute atomic E-state index is 0.442. The minimum Gasteiger partial charge on any atom is -0.387 e. The lowest BCUT2D eigenvalue weighted by Gasteiger charge is -2.41. The van der Waals surface area contributed by atoms with Crippen LogP contribution in [0.4, 0.5) is 5.13 Å². The molecule has 0 spiro atoms. The molecule has 1 aromatic rings. The van der Waals surface area contributed by atoms with Gasteiger partial charge in [-0.3, -0.25) is 0 Å². The fraction of sp³-hybridized carbons (Fsp3) is 0.786. The van der Waals surface area contributed by atoms with Crippen LogP contribution < -0.4 is 4.90 Å². The Balaban J connectivity index is 1.69. The predicted octanol–water partition coefficient (Wildman–Crippen LogP) is 3.21. The molecule has 0 amide bonds. The SMILES string of the molecule is CC(O)c1csc(N2CCC3CCCCC3C2)n1. The quantitative estimate of drug-likeness (QED) is 0.893. The molecule has 4 heteroatoms. The number of hydrogen-bond acceptors (Lipinski definition) is 4. The summed E-state index contributed by atoms with van der Waals surface area (Å²) in [6, 6.07) is 0. The zero-order valence-electron chi connectivity index (χ0n) is 11.0. The highest BCUT2D eigenvalue weighted by atomic mass is 32.1. The van der Waals surface area contributed by atoms with Crippen molar-refractivity contribution < 1.29 is 5.11 Å². The van der Waals surface area contributed by atoms with Crippen molar-refractivity contribution in [3.05, 3.63) is 11.1 Å². The maximum Gasteiger partial charge on any atom is 0.185 e. The molecular weight excluding hydrogens is 244 g/mol. The second-order valence-corrected chi connectivity index (χ2v) is 6.61. The van der Waals surface area contributed by atoms with Crippen molar-refractivity contribution in [1.29, 1.82) is 0 Å². The molecule has 3 nitrogen and oxygen atoms in total. The van der Waals surface area contributed by atoms with Gasteiger partial charge in [-0.1, -0.05) is 19.3 Å². The topological polar surface area (TPSA) is 36.4 Å². The van der Waals surface area contributed by atoms with Crippen molar-refractivity contribution in [3.8, 4) is 0 Å². The number of rotatable bonds is 2. The van der Waals surface area contributed by atoms with Crippen LogP contribution in [0.25, 0.3) is 0 Å². The smallest absolute Gasteiger partial charge is 0.185 e. The molecule has 18 heavy (non-hydrogen) atoms. The van der Waals surface area contributed by atoms with Gasteiger partial charge in [0.1, 0.15) is 0 Å². The highest BCUT2D eigenvalue weighted by Crippen LogP contribution is 2.38. The third kappa shape index (κ3) is 2.41. The molecule has 3 unspecified atom stereocenters. The average Bonchev–Trinajstić information content (AvgIpc) is 2.88. The van der Waals surface area contributed by atoms with Gasteiger partial charge in [0, 0.05) is 18.5 Å². The normalized spacial score (nSPS) is 30.0. The first kappa shape index (κ1) is 12.4. The van der Waals surface area contributed by atoms with Gasteiger partial charge in [-0.2, -0.15) is 0 Å². The van der Waals surface area contributed by atoms with Crippen molar-refractivity contribution in [2.75, 3.05) is 18.0 Å². The van der Waals surface area contributed by atoms with E-state index in [9.17, 15) is 5.11 Å². The highest BCUT2D eigenvalue weighted by Gasteiger charge is 2.32. The maximum atomic E-state index is 9.55. The minimum atomic E-state index is -0.442. The van der Waals surface area contributed by atoms with Crippen LogP contribution in [-0.2, 0) is 0 Å². The van der Waals surface area contributed by atoms with E-state index >= 15 is 0 Å². The van der Waals surface area contributed by atoms with E-state index in [1.54, 1.807) is 18.3 Å². The van der Waals surface area contributed by atoms with Crippen LogP contribution in [0, 0.1) is 11.8 Å². The Morgan fingerprint density at radius 1 is 1.33 bits per heavy atom. The Labute approximate surface area is 113 Å². The molecule has 2 fully saturated rings. The van der Waals surface area contributed by atoms with Crippen LogP contribution in [0.2, 0.25) is 0 Å². The highest BCUT2D eigenvalue weighted by molar-refractivity contribution is 7.13. The van der Waals surface area contributed by atoms with Crippen LogP contribution in [0.3, 0.4) is 0 Å². The average molecular weight is 266 g/mol. The molecule has 100 valence electrons. The number of fused-ring (bicyclic) bond motifs is 1. The molecule has 1 N–H and O–H groups in total. The number of anilines is 1. The molecule has 1 aliphatic carbocycles. The standard InChI is InChI=1S/C14H22N2OS/c1-10(17)13-9-18-14(15-13)16-7-6-11-4-2-3-5-12(11)8-16/h9-12,17H,2-8H2,1H3. The van der Waals surface area contributed by atoms with Crippen LogP contribution in [0.1, 0.15) is 50.8 Å². The monoisotopic (exact) mass is 266 g/mol. The number of hydrogen-bond donors (Lipinski definition) is 1. The summed E-state index contributed by atoms with van der Waals surface area (Å²) in [6.45, 7) is 4.11. The first-order valence-corrected chi connectivity index (χ1v) is 8.00. The molecule has 3 atom stereocenters. The van der Waals surface area contributed by atoms with E-state index in [0.717, 1.165) is 29.2 Å². The Kier molecular flexibility index (Phi) is 3.57. The molecule has 3 rings (SSSR count). The molecule has 2 heterocycles. The second kappa shape index (κ2) is 5.17. The molecule has 1 aromatic heterocycles. The van der Waals surface area contributed by atoms with Crippen molar-refractivity contribution in [2.24, 2.45) is 11.8 Å². The van der Waals surface area contributed by atoms with Crippen molar-refractivity contribution in [2.45, 2.75) is 45.1 Å². The first-order chi connectivity index (χ1) is 8.74. The van der Waals surface area contributed by atoms with Crippen LogP contribution in [0.5, 0.6) is 0 Å². The van der Waals surface area contributed by atoms with Gasteiger partial charge in [0.2, 0.25) is 0 Å². The van der Waals surface area contributed by atoms with Gasteiger partial charge in [-0.15, -0.1) is 11.3 Å². The fourth-order valence-corrected chi connectivity index (χ4v) is 4.34. The first-order valence-electron chi connectivity index (χ1n) is 7.12. The number of aliphatic hydroxyl groups excluding tert-OH is 1. The van der Waals surface area contributed by atoms with Crippen LogP contribution in [-0.4, -0.2) is 23.2 Å². The number of aliphatic hydroxyl groups is 1. The molecule has 0 bridgehead atoms. The van der Waals surface area contributed by atoms with Crippen LogP contribution in [0.15, 0.2) is 5.38 Å². The van der Waals surface area contributed by atoms with Gasteiger partial charge >= 0.3 is 0 Å².